The van der Waals surface area contributed by atoms with Gasteiger partial charge in [0.15, 0.2) is 5.65 Å². The van der Waals surface area contributed by atoms with Crippen molar-refractivity contribution in [2.75, 3.05) is 5.32 Å². The third-order valence-corrected chi connectivity index (χ3v) is 4.94. The van der Waals surface area contributed by atoms with Crippen LogP contribution in [0.25, 0.3) is 28.5 Å². The van der Waals surface area contributed by atoms with E-state index >= 15 is 0 Å². The molecule has 0 spiro atoms. The molecule has 9 nitrogen and oxygen atoms in total. The summed E-state index contributed by atoms with van der Waals surface area (Å²) in [6.07, 6.45) is 1.53. The van der Waals surface area contributed by atoms with E-state index in [4.69, 9.17) is 4.52 Å². The fraction of sp³-hybridized carbons (Fsp3) is 0.0870. The Kier molecular flexibility index (Phi) is 5.02. The van der Waals surface area contributed by atoms with Crippen LogP contribution in [0.1, 0.15) is 5.56 Å². The van der Waals surface area contributed by atoms with Crippen LogP contribution in [0.15, 0.2) is 76.2 Å². The Morgan fingerprint density at radius 1 is 1.12 bits per heavy atom. The topological polar surface area (TPSA) is 107 Å². The van der Waals surface area contributed by atoms with E-state index in [1.54, 1.807) is 30.3 Å². The lowest BCUT2D eigenvalue weighted by atomic mass is 10.2. The molecule has 164 valence electrons. The second kappa shape index (κ2) is 8.15. The van der Waals surface area contributed by atoms with Crippen LogP contribution in [0.4, 0.5) is 10.1 Å². The van der Waals surface area contributed by atoms with Crippen LogP contribution in [0.2, 0.25) is 0 Å². The first-order valence-electron chi connectivity index (χ1n) is 10.0. The van der Waals surface area contributed by atoms with Crippen molar-refractivity contribution in [2.24, 2.45) is 0 Å². The lowest BCUT2D eigenvalue weighted by Crippen LogP contribution is -2.28. The summed E-state index contributed by atoms with van der Waals surface area (Å²) >= 11 is 0. The van der Waals surface area contributed by atoms with E-state index in [-0.39, 0.29) is 29.8 Å². The number of carbonyl (C=O) groups excluding carboxylic acids is 1. The smallest absolute Gasteiger partial charge is 0.333 e. The number of rotatable bonds is 5. The molecule has 33 heavy (non-hydrogen) atoms. The number of aromatic nitrogens is 5. The van der Waals surface area contributed by atoms with Crippen molar-refractivity contribution in [3.05, 3.63) is 88.7 Å². The molecule has 3 heterocycles. The molecule has 1 amide bonds. The Labute approximate surface area is 186 Å². The molecule has 5 rings (SSSR count). The number of pyridine rings is 1. The maximum atomic E-state index is 13.5. The number of fused-ring (bicyclic) bond motifs is 1. The molecule has 0 bridgehead atoms. The number of hydrogen-bond acceptors (Lipinski definition) is 6. The molecule has 2 aromatic carbocycles. The zero-order valence-corrected chi connectivity index (χ0v) is 17.4. The second-order valence-electron chi connectivity index (χ2n) is 7.41. The highest BCUT2D eigenvalue weighted by atomic mass is 19.1. The maximum absolute atomic E-state index is 13.5. The molecule has 5 aromatic rings. The minimum Gasteiger partial charge on any atom is -0.333 e. The van der Waals surface area contributed by atoms with Gasteiger partial charge in [0.2, 0.25) is 11.7 Å². The number of halogens is 1. The quantitative estimate of drug-likeness (QED) is 0.446. The SMILES string of the molecule is Cc1cccc(NC(=O)Cn2nc3c(-c4nc(-c5cccc(F)c5)no4)cccn3c2=O)c1. The predicted octanol–water partition coefficient (Wildman–Crippen LogP) is 3.30. The number of nitrogens with zero attached hydrogens (tertiary/aromatic N) is 5. The van der Waals surface area contributed by atoms with Gasteiger partial charge in [-0.05, 0) is 48.9 Å². The van der Waals surface area contributed by atoms with Crippen LogP contribution >= 0.6 is 0 Å². The Morgan fingerprint density at radius 2 is 1.97 bits per heavy atom. The summed E-state index contributed by atoms with van der Waals surface area (Å²) in [5.74, 6) is -0.499. The van der Waals surface area contributed by atoms with Crippen molar-refractivity contribution in [1.82, 2.24) is 24.3 Å². The van der Waals surface area contributed by atoms with Crippen molar-refractivity contribution in [2.45, 2.75) is 13.5 Å². The summed E-state index contributed by atoms with van der Waals surface area (Å²) in [6, 6.07) is 16.5. The van der Waals surface area contributed by atoms with Gasteiger partial charge in [-0.3, -0.25) is 4.79 Å². The van der Waals surface area contributed by atoms with Crippen LogP contribution in [0, 0.1) is 12.7 Å². The van der Waals surface area contributed by atoms with E-state index < -0.39 is 11.5 Å². The van der Waals surface area contributed by atoms with E-state index in [1.807, 2.05) is 25.1 Å². The minimum absolute atomic E-state index is 0.112. The fourth-order valence-corrected chi connectivity index (χ4v) is 3.45. The van der Waals surface area contributed by atoms with Gasteiger partial charge in [-0.2, -0.15) is 4.98 Å². The molecule has 0 atom stereocenters. The van der Waals surface area contributed by atoms with Gasteiger partial charge in [-0.25, -0.2) is 18.3 Å². The zero-order chi connectivity index (χ0) is 22.9. The summed E-state index contributed by atoms with van der Waals surface area (Å²) in [4.78, 5) is 29.6. The zero-order valence-electron chi connectivity index (χ0n) is 17.4. The van der Waals surface area contributed by atoms with Gasteiger partial charge in [0.25, 0.3) is 5.89 Å². The molecular weight excluding hydrogens is 427 g/mol. The normalized spacial score (nSPS) is 11.1. The van der Waals surface area contributed by atoms with Crippen molar-refractivity contribution >= 4 is 17.2 Å². The molecule has 0 aliphatic heterocycles. The van der Waals surface area contributed by atoms with Crippen LogP contribution < -0.4 is 11.0 Å². The Hall–Kier alpha value is -4.60. The lowest BCUT2D eigenvalue weighted by Gasteiger charge is -2.05. The van der Waals surface area contributed by atoms with Crippen LogP contribution in [0.5, 0.6) is 0 Å². The number of amides is 1. The van der Waals surface area contributed by atoms with E-state index in [0.29, 0.717) is 16.8 Å². The Bertz CT molecular complexity index is 1550. The highest BCUT2D eigenvalue weighted by Crippen LogP contribution is 2.24. The van der Waals surface area contributed by atoms with Gasteiger partial charge in [-0.15, -0.1) is 5.10 Å². The average molecular weight is 444 g/mol. The number of benzene rings is 2. The minimum atomic E-state index is -0.490. The summed E-state index contributed by atoms with van der Waals surface area (Å²) in [5.41, 5.74) is 2.25. The molecule has 3 aromatic heterocycles. The van der Waals surface area contributed by atoms with E-state index in [1.165, 1.54) is 22.7 Å². The fourth-order valence-electron chi connectivity index (χ4n) is 3.45. The standard InChI is InChI=1S/C23H17FN6O3/c1-14-5-2-8-17(11-14)25-19(31)13-30-23(32)29-10-4-9-18(21(29)27-30)22-26-20(28-33-22)15-6-3-7-16(24)12-15/h2-12H,13H2,1H3,(H,25,31). The number of anilines is 1. The monoisotopic (exact) mass is 444 g/mol. The summed E-state index contributed by atoms with van der Waals surface area (Å²) < 4.78 is 21.2. The van der Waals surface area contributed by atoms with Crippen LogP contribution in [-0.4, -0.2) is 30.2 Å². The van der Waals surface area contributed by atoms with Gasteiger partial charge in [0.05, 0.1) is 5.56 Å². The average Bonchev–Trinajstić information content (AvgIpc) is 3.39. The molecular formula is C23H17FN6O3. The third kappa shape index (κ3) is 4.01. The number of aryl methyl sites for hydroxylation is 1. The number of hydrogen-bond donors (Lipinski definition) is 1. The van der Waals surface area contributed by atoms with Gasteiger partial charge in [0.1, 0.15) is 12.4 Å². The molecule has 0 unspecified atom stereocenters. The molecule has 0 saturated heterocycles. The first kappa shape index (κ1) is 20.3. The first-order chi connectivity index (χ1) is 16.0. The number of nitrogens with one attached hydrogen (secondary N) is 1. The third-order valence-electron chi connectivity index (χ3n) is 4.94. The molecule has 0 radical (unpaired) electrons. The summed E-state index contributed by atoms with van der Waals surface area (Å²) in [6.45, 7) is 1.65. The van der Waals surface area contributed by atoms with Crippen molar-refractivity contribution in [3.8, 4) is 22.8 Å². The molecule has 0 aliphatic rings. The highest BCUT2D eigenvalue weighted by Gasteiger charge is 2.18. The predicted molar refractivity (Wildman–Crippen MR) is 118 cm³/mol. The summed E-state index contributed by atoms with van der Waals surface area (Å²) in [5, 5.41) is 11.0. The van der Waals surface area contributed by atoms with Gasteiger partial charge < -0.3 is 9.84 Å². The Morgan fingerprint density at radius 3 is 2.79 bits per heavy atom. The van der Waals surface area contributed by atoms with E-state index in [9.17, 15) is 14.0 Å². The molecule has 1 N–H and O–H groups in total. The number of carbonyl (C=O) groups is 1. The van der Waals surface area contributed by atoms with E-state index in [2.05, 4.69) is 20.6 Å². The molecule has 0 saturated carbocycles. The van der Waals surface area contributed by atoms with Crippen LogP contribution in [-0.2, 0) is 11.3 Å². The van der Waals surface area contributed by atoms with Gasteiger partial charge in [-0.1, -0.05) is 29.4 Å². The molecule has 0 aliphatic carbocycles. The van der Waals surface area contributed by atoms with E-state index in [0.717, 1.165) is 10.2 Å². The Balaban J connectivity index is 1.46. The summed E-state index contributed by atoms with van der Waals surface area (Å²) in [7, 11) is 0. The highest BCUT2D eigenvalue weighted by molar-refractivity contribution is 5.90. The van der Waals surface area contributed by atoms with Crippen molar-refractivity contribution in [3.63, 3.8) is 0 Å². The largest absolute Gasteiger partial charge is 0.350 e. The molecule has 0 fully saturated rings. The van der Waals surface area contributed by atoms with Crippen molar-refractivity contribution < 1.29 is 13.7 Å². The maximum Gasteiger partial charge on any atom is 0.350 e. The lowest BCUT2D eigenvalue weighted by molar-refractivity contribution is -0.117. The first-order valence-corrected chi connectivity index (χ1v) is 10.0. The van der Waals surface area contributed by atoms with Crippen LogP contribution in [0.3, 0.4) is 0 Å². The second-order valence-corrected chi connectivity index (χ2v) is 7.41. The van der Waals surface area contributed by atoms with Gasteiger partial charge >= 0.3 is 5.69 Å². The molecule has 10 heteroatoms. The van der Waals surface area contributed by atoms with Crippen molar-refractivity contribution in [1.29, 1.82) is 0 Å². The van der Waals surface area contributed by atoms with Gasteiger partial charge in [0, 0.05) is 17.4 Å².